The van der Waals surface area contributed by atoms with Crippen molar-refractivity contribution < 1.29 is 102 Å². The minimum Gasteiger partial charge on any atom is -1.00 e. The maximum atomic E-state index is 0. The Morgan fingerprint density at radius 2 is 0.750 bits per heavy atom. The molecule has 0 aliphatic carbocycles. The van der Waals surface area contributed by atoms with Crippen LogP contribution in [0.25, 0.3) is 0 Å². The fraction of sp³-hybridized carbons (Fsp3) is 0. The van der Waals surface area contributed by atoms with Crippen LogP contribution in [0, 0.1) is 35.6 Å². The molecule has 0 spiro atoms. The molecule has 0 saturated heterocycles. The zero-order chi connectivity index (χ0) is 0. The molecule has 0 saturated carbocycles. The first-order valence-corrected chi connectivity index (χ1v) is 0. The molecule has 8 heteroatoms. The van der Waals surface area contributed by atoms with E-state index in [4.69, 9.17) is 0 Å². The van der Waals surface area contributed by atoms with Gasteiger partial charge in [0, 0.05) is 87.6 Å². The SMILES string of the molecule is [Al+3].[BaH2].[F-].[F-].[F-].[Hf].[La].[Zr]. The van der Waals surface area contributed by atoms with Crippen LogP contribution in [0.1, 0.15) is 0 Å². The van der Waals surface area contributed by atoms with Crippen molar-refractivity contribution >= 4 is 66.2 Å². The summed E-state index contributed by atoms with van der Waals surface area (Å²) < 4.78 is 0. The molecule has 0 amide bonds. The predicted molar refractivity (Wildman–Crippen MR) is 14.3 cm³/mol. The van der Waals surface area contributed by atoms with Gasteiger partial charge in [0.15, 0.2) is 0 Å². The van der Waals surface area contributed by atoms with E-state index in [1.54, 1.807) is 0 Å². The van der Waals surface area contributed by atoms with Crippen LogP contribution in [-0.2, 0) is 52.0 Å². The molecule has 0 rings (SSSR count). The number of hydrogen-bond donors (Lipinski definition) is 0. The van der Waals surface area contributed by atoms with Gasteiger partial charge in [-0.25, -0.2) is 0 Å². The number of halogens is 3. The van der Waals surface area contributed by atoms with Gasteiger partial charge in [0.25, 0.3) is 0 Å². The summed E-state index contributed by atoms with van der Waals surface area (Å²) in [5.74, 6) is 0. The quantitative estimate of drug-likeness (QED) is 0.233. The van der Waals surface area contributed by atoms with E-state index in [2.05, 4.69) is 0 Å². The molecule has 0 aromatic heterocycles. The molecule has 0 aliphatic heterocycles. The molecular formula is H2AlBaF3HfLaZr. The summed E-state index contributed by atoms with van der Waals surface area (Å²) in [6, 6.07) is 0. The molecule has 0 aliphatic rings. The zero-order valence-electron chi connectivity index (χ0n) is 3.29. The van der Waals surface area contributed by atoms with E-state index in [9.17, 15) is 0 Å². The molecule has 0 nitrogen and oxygen atoms in total. The van der Waals surface area contributed by atoms with Crippen LogP contribution in [0.4, 0.5) is 0 Å². The van der Waals surface area contributed by atoms with Crippen LogP contribution in [0.3, 0.4) is 0 Å². The Balaban J connectivity index is 0. The van der Waals surface area contributed by atoms with Gasteiger partial charge < -0.3 is 14.1 Å². The summed E-state index contributed by atoms with van der Waals surface area (Å²) in [6.45, 7) is 0. The minimum absolute atomic E-state index is 0. The van der Waals surface area contributed by atoms with E-state index < -0.39 is 0 Å². The maximum Gasteiger partial charge on any atom is 0 e. The molecule has 0 heterocycles. The van der Waals surface area contributed by atoms with Crippen molar-refractivity contribution in [2.75, 3.05) is 0 Å². The first kappa shape index (κ1) is 76.8. The summed E-state index contributed by atoms with van der Waals surface area (Å²) in [4.78, 5) is 0. The maximum absolute atomic E-state index is 0. The third kappa shape index (κ3) is 44.8. The van der Waals surface area contributed by atoms with Gasteiger partial charge in [-0.15, -0.1) is 0 Å². The Morgan fingerprint density at radius 3 is 0.750 bits per heavy atom. The first-order chi connectivity index (χ1) is 0. The fourth-order valence-corrected chi connectivity index (χ4v) is 0. The molecule has 0 atom stereocenters. The van der Waals surface area contributed by atoms with Crippen LogP contribution in [0.15, 0.2) is 0 Å². The molecule has 1 radical (unpaired) electrons. The summed E-state index contributed by atoms with van der Waals surface area (Å²) >= 11 is 0. The number of rotatable bonds is 0. The Bertz CT molecular complexity index is 19.2. The summed E-state index contributed by atoms with van der Waals surface area (Å²) in [5.41, 5.74) is 0. The monoisotopic (exact) mass is 633 g/mol. The molecule has 0 N–H and O–H groups in total. The molecule has 0 aromatic rings. The molecule has 0 fully saturated rings. The van der Waals surface area contributed by atoms with Gasteiger partial charge in [-0.3, -0.25) is 0 Å². The van der Waals surface area contributed by atoms with Gasteiger partial charge in [-0.2, -0.15) is 0 Å². The van der Waals surface area contributed by atoms with E-state index in [1.165, 1.54) is 0 Å². The smallest absolute Gasteiger partial charge is 0 e. The first-order valence-electron chi connectivity index (χ1n) is 0. The largest absolute Gasteiger partial charge is 1.00 e. The predicted octanol–water partition coefficient (Wildman–Crippen LogP) is -10.3. The van der Waals surface area contributed by atoms with Crippen LogP contribution in [0.2, 0.25) is 0 Å². The topological polar surface area (TPSA) is 0 Å². The summed E-state index contributed by atoms with van der Waals surface area (Å²) in [6.07, 6.45) is 0. The van der Waals surface area contributed by atoms with Gasteiger partial charge in [-0.1, -0.05) is 0 Å². The second-order valence-corrected chi connectivity index (χ2v) is 0. The van der Waals surface area contributed by atoms with E-state index in [0.29, 0.717) is 0 Å². The van der Waals surface area contributed by atoms with Crippen molar-refractivity contribution in [1.29, 1.82) is 0 Å². The van der Waals surface area contributed by atoms with Crippen LogP contribution < -0.4 is 14.1 Å². The molecule has 0 aromatic carbocycles. The third-order valence-corrected chi connectivity index (χ3v) is 0. The molecule has 0 bridgehead atoms. The van der Waals surface area contributed by atoms with Gasteiger partial charge in [0.1, 0.15) is 0 Å². The second-order valence-electron chi connectivity index (χ2n) is 0. The summed E-state index contributed by atoms with van der Waals surface area (Å²) in [7, 11) is 0. The van der Waals surface area contributed by atoms with E-state index in [1.807, 2.05) is 0 Å². The van der Waals surface area contributed by atoms with Crippen LogP contribution in [0.5, 0.6) is 0 Å². The van der Waals surface area contributed by atoms with Crippen molar-refractivity contribution in [2.24, 2.45) is 0 Å². The third-order valence-electron chi connectivity index (χ3n) is 0. The summed E-state index contributed by atoms with van der Waals surface area (Å²) in [5, 5.41) is 0. The Hall–Kier alpha value is 4.84. The van der Waals surface area contributed by atoms with E-state index >= 15 is 0 Å². The van der Waals surface area contributed by atoms with Gasteiger partial charge in [0.05, 0.1) is 0 Å². The van der Waals surface area contributed by atoms with Crippen molar-refractivity contribution in [3.8, 4) is 0 Å². The minimum atomic E-state index is 0. The second kappa shape index (κ2) is 59.4. The average Bonchev–Trinajstić information content (AvgIpc) is 0. The zero-order valence-corrected chi connectivity index (χ0v) is 14.1. The Morgan fingerprint density at radius 1 is 0.750 bits per heavy atom. The Labute approximate surface area is 163 Å². The van der Waals surface area contributed by atoms with Gasteiger partial charge in [-0.05, 0) is 0 Å². The van der Waals surface area contributed by atoms with Crippen LogP contribution in [-0.4, -0.2) is 66.2 Å². The van der Waals surface area contributed by atoms with E-state index in [-0.39, 0.29) is 168 Å². The molecule has 0 unspecified atom stereocenters. The van der Waals surface area contributed by atoms with Gasteiger partial charge in [0.2, 0.25) is 0 Å². The molecule has 39 valence electrons. The molecule has 8 heavy (non-hydrogen) atoms. The van der Waals surface area contributed by atoms with Gasteiger partial charge >= 0.3 is 66.2 Å². The number of hydrogen-bond acceptors (Lipinski definition) is 0. The average molecular weight is 632 g/mol. The van der Waals surface area contributed by atoms with Crippen LogP contribution >= 0.6 is 0 Å². The normalized spacial score (nSPS) is 0. The fourth-order valence-electron chi connectivity index (χ4n) is 0. The van der Waals surface area contributed by atoms with Crippen molar-refractivity contribution in [1.82, 2.24) is 0 Å². The van der Waals surface area contributed by atoms with Crippen molar-refractivity contribution in [3.63, 3.8) is 0 Å². The van der Waals surface area contributed by atoms with Crippen molar-refractivity contribution in [3.05, 3.63) is 0 Å². The van der Waals surface area contributed by atoms with E-state index in [0.717, 1.165) is 0 Å². The Kier molecular flexibility index (Phi) is 570. The molecular weight excluding hydrogens is 630 g/mol. The van der Waals surface area contributed by atoms with Crippen molar-refractivity contribution in [2.45, 2.75) is 0 Å². The standard InChI is InChI=1S/Al.Ba.3FH.Hf.La.Zr.2H/h;;3*1H;;;;;/q+3;;;;;;;;;/p-3.